The molecule has 1 nitrogen and oxygen atoms in total. The van der Waals surface area contributed by atoms with E-state index in [0.717, 1.165) is 37.2 Å². The molecule has 0 radical (unpaired) electrons. The van der Waals surface area contributed by atoms with Gasteiger partial charge >= 0.3 is 12.1 Å². The first-order valence-corrected chi connectivity index (χ1v) is 5.58. The first kappa shape index (κ1) is 13.3. The van der Waals surface area contributed by atoms with E-state index in [2.05, 4.69) is 5.32 Å². The van der Waals surface area contributed by atoms with Crippen molar-refractivity contribution >= 4 is 0 Å². The summed E-state index contributed by atoms with van der Waals surface area (Å²) in [6.07, 6.45) is -4.68. The van der Waals surface area contributed by atoms with Crippen LogP contribution in [0, 0.1) is 0 Å². The number of halogens is 5. The average molecular weight is 265 g/mol. The summed E-state index contributed by atoms with van der Waals surface area (Å²) in [5.41, 5.74) is -0.216. The van der Waals surface area contributed by atoms with Crippen molar-refractivity contribution in [1.29, 1.82) is 0 Å². The molecule has 1 aromatic rings. The largest absolute Gasteiger partial charge is 0.458 e. The molecule has 6 heteroatoms. The molecule has 1 fully saturated rings. The Balaban J connectivity index is 2.22. The second kappa shape index (κ2) is 4.50. The van der Waals surface area contributed by atoms with Gasteiger partial charge in [0.2, 0.25) is 0 Å². The third kappa shape index (κ3) is 2.34. The molecule has 1 atom stereocenters. The van der Waals surface area contributed by atoms with E-state index in [1.807, 2.05) is 0 Å². The van der Waals surface area contributed by atoms with Gasteiger partial charge in [0, 0.05) is 12.1 Å². The average Bonchev–Trinajstić information content (AvgIpc) is 2.81. The van der Waals surface area contributed by atoms with Crippen LogP contribution in [0.2, 0.25) is 0 Å². The molecule has 0 spiro atoms. The van der Waals surface area contributed by atoms with Crippen molar-refractivity contribution in [2.45, 2.75) is 24.4 Å². The van der Waals surface area contributed by atoms with E-state index in [4.69, 9.17) is 0 Å². The van der Waals surface area contributed by atoms with Crippen molar-refractivity contribution in [3.05, 3.63) is 35.4 Å². The lowest BCUT2D eigenvalue weighted by atomic mass is 9.96. The molecule has 1 aliphatic rings. The van der Waals surface area contributed by atoms with Gasteiger partial charge in [-0.1, -0.05) is 24.3 Å². The molecular formula is C12H12F5N. The summed E-state index contributed by atoms with van der Waals surface area (Å²) in [5, 5.41) is 3.11. The van der Waals surface area contributed by atoms with Crippen molar-refractivity contribution in [2.24, 2.45) is 0 Å². The predicted octanol–water partition coefficient (Wildman–Crippen LogP) is 3.42. The van der Waals surface area contributed by atoms with Crippen LogP contribution in [0.15, 0.2) is 24.3 Å². The molecule has 1 aliphatic heterocycles. The Bertz CT molecular complexity index is 403. The number of hydrogen-bond donors (Lipinski definition) is 1. The summed E-state index contributed by atoms with van der Waals surface area (Å²) < 4.78 is 62.6. The molecular weight excluding hydrogens is 253 g/mol. The van der Waals surface area contributed by atoms with Crippen molar-refractivity contribution in [2.75, 3.05) is 13.1 Å². The first-order valence-electron chi connectivity index (χ1n) is 5.58. The monoisotopic (exact) mass is 265 g/mol. The molecule has 1 saturated heterocycles. The zero-order valence-corrected chi connectivity index (χ0v) is 9.40. The minimum absolute atomic E-state index is 0.193. The van der Waals surface area contributed by atoms with Gasteiger partial charge in [-0.2, -0.15) is 22.0 Å². The van der Waals surface area contributed by atoms with Gasteiger partial charge in [-0.05, 0) is 24.4 Å². The van der Waals surface area contributed by atoms with E-state index in [0.29, 0.717) is 0 Å². The van der Waals surface area contributed by atoms with E-state index in [1.165, 1.54) is 12.1 Å². The highest BCUT2D eigenvalue weighted by Gasteiger charge is 2.58. The third-order valence-corrected chi connectivity index (χ3v) is 3.16. The highest BCUT2D eigenvalue weighted by atomic mass is 19.4. The summed E-state index contributed by atoms with van der Waals surface area (Å²) in [6.45, 7) is 1.57. The summed E-state index contributed by atoms with van der Waals surface area (Å²) in [7, 11) is 0. The maximum atomic E-state index is 13.0. The number of benzene rings is 1. The van der Waals surface area contributed by atoms with Crippen LogP contribution >= 0.6 is 0 Å². The normalized spacial score (nSPS) is 21.3. The van der Waals surface area contributed by atoms with Crippen LogP contribution in [0.3, 0.4) is 0 Å². The molecule has 1 aromatic carbocycles. The van der Waals surface area contributed by atoms with Crippen LogP contribution in [-0.4, -0.2) is 19.3 Å². The number of alkyl halides is 5. The van der Waals surface area contributed by atoms with E-state index in [1.54, 1.807) is 0 Å². The van der Waals surface area contributed by atoms with Gasteiger partial charge in [0.1, 0.15) is 0 Å². The molecule has 100 valence electrons. The lowest BCUT2D eigenvalue weighted by Gasteiger charge is -2.20. The maximum absolute atomic E-state index is 13.0. The minimum atomic E-state index is -5.55. The van der Waals surface area contributed by atoms with Gasteiger partial charge in [0.05, 0.1) is 0 Å². The van der Waals surface area contributed by atoms with Crippen LogP contribution < -0.4 is 5.32 Å². The fraction of sp³-hybridized carbons (Fsp3) is 0.500. The van der Waals surface area contributed by atoms with Crippen molar-refractivity contribution < 1.29 is 22.0 Å². The lowest BCUT2D eigenvalue weighted by molar-refractivity contribution is -0.289. The summed E-state index contributed by atoms with van der Waals surface area (Å²) >= 11 is 0. The van der Waals surface area contributed by atoms with Gasteiger partial charge < -0.3 is 5.32 Å². The standard InChI is InChI=1S/C12H12F5N/c13-11(14,12(15,16)17)10-3-1-8(2-4-10)9-5-6-18-7-9/h1-4,9,18H,5-7H2. The molecule has 0 saturated carbocycles. The van der Waals surface area contributed by atoms with E-state index in [-0.39, 0.29) is 5.92 Å². The Morgan fingerprint density at radius 2 is 1.61 bits per heavy atom. The molecule has 1 heterocycles. The Kier molecular flexibility index (Phi) is 3.31. The predicted molar refractivity (Wildman–Crippen MR) is 56.6 cm³/mol. The number of rotatable bonds is 2. The van der Waals surface area contributed by atoms with Gasteiger partial charge in [-0.3, -0.25) is 0 Å². The quantitative estimate of drug-likeness (QED) is 0.808. The third-order valence-electron chi connectivity index (χ3n) is 3.16. The van der Waals surface area contributed by atoms with Crippen molar-refractivity contribution in [1.82, 2.24) is 5.32 Å². The lowest BCUT2D eigenvalue weighted by Crippen LogP contribution is -2.33. The van der Waals surface area contributed by atoms with E-state index in [9.17, 15) is 22.0 Å². The highest BCUT2D eigenvalue weighted by molar-refractivity contribution is 5.29. The molecule has 18 heavy (non-hydrogen) atoms. The Morgan fingerprint density at radius 3 is 2.06 bits per heavy atom. The smallest absolute Gasteiger partial charge is 0.316 e. The van der Waals surface area contributed by atoms with Crippen LogP contribution in [0.4, 0.5) is 22.0 Å². The van der Waals surface area contributed by atoms with Crippen LogP contribution in [-0.2, 0) is 5.92 Å². The van der Waals surface area contributed by atoms with Crippen molar-refractivity contribution in [3.63, 3.8) is 0 Å². The second-order valence-corrected chi connectivity index (χ2v) is 4.38. The fourth-order valence-electron chi connectivity index (χ4n) is 2.07. The first-order chi connectivity index (χ1) is 8.32. The van der Waals surface area contributed by atoms with Gasteiger partial charge in [-0.25, -0.2) is 0 Å². The van der Waals surface area contributed by atoms with Crippen LogP contribution in [0.1, 0.15) is 23.5 Å². The molecule has 0 amide bonds. The van der Waals surface area contributed by atoms with Gasteiger partial charge in [-0.15, -0.1) is 0 Å². The zero-order chi connectivity index (χ0) is 13.4. The zero-order valence-electron chi connectivity index (χ0n) is 9.40. The summed E-state index contributed by atoms with van der Waals surface area (Å²) in [4.78, 5) is 0. The van der Waals surface area contributed by atoms with Gasteiger partial charge in [0.15, 0.2) is 0 Å². The van der Waals surface area contributed by atoms with E-state index >= 15 is 0 Å². The Labute approximate surface area is 101 Å². The topological polar surface area (TPSA) is 12.0 Å². The van der Waals surface area contributed by atoms with Crippen molar-refractivity contribution in [3.8, 4) is 0 Å². The van der Waals surface area contributed by atoms with E-state index < -0.39 is 17.7 Å². The Morgan fingerprint density at radius 1 is 1.00 bits per heavy atom. The Hall–Kier alpha value is -1.17. The molecule has 1 N–H and O–H groups in total. The van der Waals surface area contributed by atoms with Crippen LogP contribution in [0.25, 0.3) is 0 Å². The molecule has 0 aliphatic carbocycles. The summed E-state index contributed by atoms with van der Waals surface area (Å²) in [6, 6.07) is 4.43. The van der Waals surface area contributed by atoms with Crippen LogP contribution in [0.5, 0.6) is 0 Å². The molecule has 1 unspecified atom stereocenters. The second-order valence-electron chi connectivity index (χ2n) is 4.38. The van der Waals surface area contributed by atoms with Gasteiger partial charge in [0.25, 0.3) is 0 Å². The summed E-state index contributed by atoms with van der Waals surface area (Å²) in [5.74, 6) is -4.60. The number of nitrogens with one attached hydrogen (secondary N) is 1. The minimum Gasteiger partial charge on any atom is -0.316 e. The molecule has 0 aromatic heterocycles. The maximum Gasteiger partial charge on any atom is 0.458 e. The molecule has 2 rings (SSSR count). The number of hydrogen-bond acceptors (Lipinski definition) is 1. The fourth-order valence-corrected chi connectivity index (χ4v) is 2.07. The highest BCUT2D eigenvalue weighted by Crippen LogP contribution is 2.44. The SMILES string of the molecule is FC(F)(F)C(F)(F)c1ccc(C2CCNC2)cc1. The molecule has 0 bridgehead atoms.